The Balaban J connectivity index is 1.98. The van der Waals surface area contributed by atoms with Crippen molar-refractivity contribution in [3.05, 3.63) is 36.0 Å². The normalized spacial score (nSPS) is 12.0. The quantitative estimate of drug-likeness (QED) is 0.494. The lowest BCUT2D eigenvalue weighted by molar-refractivity contribution is 0.0955. The summed E-state index contributed by atoms with van der Waals surface area (Å²) in [5.74, 6) is -0.788. The summed E-state index contributed by atoms with van der Waals surface area (Å²) in [4.78, 5) is 23.2. The molecule has 0 spiro atoms. The van der Waals surface area contributed by atoms with E-state index in [0.29, 0.717) is 39.0 Å². The molecule has 4 N–H and O–H groups in total. The van der Waals surface area contributed by atoms with Crippen LogP contribution >= 0.6 is 0 Å². The summed E-state index contributed by atoms with van der Waals surface area (Å²) in [6, 6.07) is 5.10. The van der Waals surface area contributed by atoms with E-state index in [4.69, 9.17) is 10.8 Å². The lowest BCUT2D eigenvalue weighted by Gasteiger charge is -2.19. The van der Waals surface area contributed by atoms with Crippen LogP contribution in [0, 0.1) is 5.82 Å². The summed E-state index contributed by atoms with van der Waals surface area (Å²) >= 11 is 0. The minimum Gasteiger partial charge on any atom is -0.383 e. The third kappa shape index (κ3) is 2.58. The highest BCUT2D eigenvalue weighted by atomic mass is 19.1. The van der Waals surface area contributed by atoms with Crippen LogP contribution in [0.3, 0.4) is 0 Å². The van der Waals surface area contributed by atoms with Crippen LogP contribution in [0.5, 0.6) is 0 Å². The molecule has 0 aliphatic rings. The van der Waals surface area contributed by atoms with Gasteiger partial charge in [-0.3, -0.25) is 4.79 Å². The molecule has 28 heavy (non-hydrogen) atoms. The summed E-state index contributed by atoms with van der Waals surface area (Å²) in [5.41, 5.74) is 8.11. The number of benzene rings is 1. The fourth-order valence-electron chi connectivity index (χ4n) is 3.24. The summed E-state index contributed by atoms with van der Waals surface area (Å²) in [6.45, 7) is 6.04. The van der Waals surface area contributed by atoms with Crippen LogP contribution in [0.2, 0.25) is 0 Å². The molecule has 8 nitrogen and oxygen atoms in total. The van der Waals surface area contributed by atoms with Gasteiger partial charge in [0, 0.05) is 23.5 Å². The number of hydrogen-bond acceptors (Lipinski definition) is 5. The first-order valence-corrected chi connectivity index (χ1v) is 8.75. The number of carbonyl (C=O) groups is 1. The number of nitrogens with zero attached hydrogens (tertiary/aromatic N) is 4. The predicted octanol–water partition coefficient (Wildman–Crippen LogP) is 2.81. The molecule has 0 unspecified atom stereocenters. The highest BCUT2D eigenvalue weighted by molar-refractivity contribution is 6.02. The fraction of sp³-hybridized carbons (Fsp3) is 0.263. The molecule has 0 saturated heterocycles. The third-order valence-electron chi connectivity index (χ3n) is 4.59. The second kappa shape index (κ2) is 6.01. The minimum atomic E-state index is -0.589. The van der Waals surface area contributed by atoms with Crippen molar-refractivity contribution in [1.29, 1.82) is 0 Å². The van der Waals surface area contributed by atoms with Gasteiger partial charge < -0.3 is 16.0 Å². The Morgan fingerprint density at radius 1 is 1.29 bits per heavy atom. The van der Waals surface area contributed by atoms with Crippen molar-refractivity contribution in [3.63, 3.8) is 0 Å². The molecule has 0 fully saturated rings. The third-order valence-corrected chi connectivity index (χ3v) is 4.59. The average molecular weight is 381 g/mol. The monoisotopic (exact) mass is 381 g/mol. The molecule has 0 saturated carbocycles. The van der Waals surface area contributed by atoms with E-state index in [2.05, 4.69) is 20.3 Å². The number of amides is 1. The first kappa shape index (κ1) is 17.9. The molecule has 1 amide bonds. The van der Waals surface area contributed by atoms with E-state index in [1.54, 1.807) is 22.9 Å². The van der Waals surface area contributed by atoms with Gasteiger partial charge in [-0.05, 0) is 32.9 Å². The zero-order valence-electron chi connectivity index (χ0n) is 16.0. The van der Waals surface area contributed by atoms with E-state index in [-0.39, 0.29) is 11.2 Å². The van der Waals surface area contributed by atoms with Crippen LogP contribution in [0.1, 0.15) is 31.3 Å². The first-order chi connectivity index (χ1) is 13.2. The molecule has 0 aliphatic carbocycles. The number of nitrogens with two attached hydrogens (primary N) is 1. The van der Waals surface area contributed by atoms with E-state index in [9.17, 15) is 9.18 Å². The second-order valence-corrected chi connectivity index (χ2v) is 7.54. The van der Waals surface area contributed by atoms with Gasteiger partial charge >= 0.3 is 0 Å². The first-order valence-electron chi connectivity index (χ1n) is 8.75. The Hall–Kier alpha value is -3.49. The smallest absolute Gasteiger partial charge is 0.270 e. The molecule has 4 aromatic rings. The number of aromatic nitrogens is 5. The molecule has 0 aliphatic heterocycles. The van der Waals surface area contributed by atoms with Gasteiger partial charge in [0.05, 0.1) is 10.9 Å². The maximum Gasteiger partial charge on any atom is 0.270 e. The zero-order valence-corrected chi connectivity index (χ0v) is 16.0. The average Bonchev–Trinajstić information content (AvgIpc) is 3.20. The molecular formula is C19H20FN7O. The van der Waals surface area contributed by atoms with Crippen LogP contribution in [0.15, 0.2) is 24.5 Å². The SMILES string of the molecule is CNC(=O)c1[nH]c2cc(-c3nn(C(C)(C)C)c4ncnc(N)c34)ccc2c1F. The standard InChI is InChI=1S/C19H20FN7O/c1-19(2,3)27-17-12(16(21)23-8-24-17)14(26-27)9-5-6-10-11(7-9)25-15(13(10)20)18(28)22-4/h5-8,25H,1-4H3,(H,22,28)(H2,21,23,24). The van der Waals surface area contributed by atoms with Gasteiger partial charge in [-0.25, -0.2) is 19.0 Å². The number of aromatic amines is 1. The topological polar surface area (TPSA) is 115 Å². The summed E-state index contributed by atoms with van der Waals surface area (Å²) in [6.07, 6.45) is 1.41. The maximum absolute atomic E-state index is 14.5. The van der Waals surface area contributed by atoms with Crippen molar-refractivity contribution in [2.75, 3.05) is 12.8 Å². The van der Waals surface area contributed by atoms with Crippen LogP contribution in [0.4, 0.5) is 10.2 Å². The number of hydrogen-bond donors (Lipinski definition) is 3. The molecule has 3 heterocycles. The van der Waals surface area contributed by atoms with Gasteiger partial charge in [-0.15, -0.1) is 0 Å². The Bertz CT molecular complexity index is 1230. The maximum atomic E-state index is 14.5. The molecular weight excluding hydrogens is 361 g/mol. The lowest BCUT2D eigenvalue weighted by atomic mass is 10.1. The van der Waals surface area contributed by atoms with Gasteiger partial charge in [0.2, 0.25) is 0 Å². The van der Waals surface area contributed by atoms with Crippen LogP contribution in [0.25, 0.3) is 33.2 Å². The molecule has 3 aromatic heterocycles. The summed E-state index contributed by atoms with van der Waals surface area (Å²) < 4.78 is 16.3. The summed E-state index contributed by atoms with van der Waals surface area (Å²) in [5, 5.41) is 8.11. The molecule has 0 bridgehead atoms. The van der Waals surface area contributed by atoms with E-state index in [0.717, 1.165) is 0 Å². The number of H-pyrrole nitrogens is 1. The van der Waals surface area contributed by atoms with E-state index < -0.39 is 11.7 Å². The second-order valence-electron chi connectivity index (χ2n) is 7.54. The number of fused-ring (bicyclic) bond motifs is 2. The molecule has 1 aromatic carbocycles. The number of halogens is 1. The molecule has 0 radical (unpaired) electrons. The number of carbonyl (C=O) groups excluding carboxylic acids is 1. The van der Waals surface area contributed by atoms with Gasteiger partial charge in [-0.1, -0.05) is 6.07 Å². The number of anilines is 1. The van der Waals surface area contributed by atoms with E-state index >= 15 is 0 Å². The molecule has 144 valence electrons. The van der Waals surface area contributed by atoms with Crippen molar-refractivity contribution >= 4 is 33.7 Å². The van der Waals surface area contributed by atoms with Gasteiger partial charge in [0.15, 0.2) is 11.5 Å². The van der Waals surface area contributed by atoms with Crippen molar-refractivity contribution in [2.24, 2.45) is 0 Å². The lowest BCUT2D eigenvalue weighted by Crippen LogP contribution is -2.23. The number of nitrogens with one attached hydrogen (secondary N) is 2. The Kier molecular flexibility index (Phi) is 3.84. The molecule has 0 atom stereocenters. The van der Waals surface area contributed by atoms with Crippen LogP contribution in [-0.4, -0.2) is 37.7 Å². The Labute approximate surface area is 160 Å². The number of rotatable bonds is 2. The van der Waals surface area contributed by atoms with Gasteiger partial charge in [0.25, 0.3) is 5.91 Å². The van der Waals surface area contributed by atoms with Gasteiger partial charge in [0.1, 0.15) is 23.5 Å². The van der Waals surface area contributed by atoms with Crippen molar-refractivity contribution < 1.29 is 9.18 Å². The largest absolute Gasteiger partial charge is 0.383 e. The van der Waals surface area contributed by atoms with Crippen LogP contribution < -0.4 is 11.1 Å². The Morgan fingerprint density at radius 2 is 2.04 bits per heavy atom. The highest BCUT2D eigenvalue weighted by Crippen LogP contribution is 2.34. The van der Waals surface area contributed by atoms with Gasteiger partial charge in [-0.2, -0.15) is 5.10 Å². The van der Waals surface area contributed by atoms with Crippen molar-refractivity contribution in [2.45, 2.75) is 26.3 Å². The minimum absolute atomic E-state index is 0.109. The van der Waals surface area contributed by atoms with E-state index in [1.165, 1.54) is 13.4 Å². The highest BCUT2D eigenvalue weighted by Gasteiger charge is 2.24. The van der Waals surface area contributed by atoms with E-state index in [1.807, 2.05) is 20.8 Å². The Morgan fingerprint density at radius 3 is 2.71 bits per heavy atom. The van der Waals surface area contributed by atoms with Crippen molar-refractivity contribution in [1.82, 2.24) is 30.0 Å². The fourth-order valence-corrected chi connectivity index (χ4v) is 3.24. The van der Waals surface area contributed by atoms with Crippen molar-refractivity contribution in [3.8, 4) is 11.3 Å². The van der Waals surface area contributed by atoms with Crippen LogP contribution in [-0.2, 0) is 5.54 Å². The number of nitrogen functional groups attached to an aromatic ring is 1. The molecule has 9 heteroatoms. The predicted molar refractivity (Wildman–Crippen MR) is 105 cm³/mol. The zero-order chi connectivity index (χ0) is 20.2. The molecule has 4 rings (SSSR count). The summed E-state index contributed by atoms with van der Waals surface area (Å²) in [7, 11) is 1.45.